The third-order valence-corrected chi connectivity index (χ3v) is 4.97. The summed E-state index contributed by atoms with van der Waals surface area (Å²) in [5.74, 6) is -1.38. The lowest BCUT2D eigenvalue weighted by Gasteiger charge is -2.15. The molecular formula is C23H20ClFN4O3. The molecule has 7 nitrogen and oxygen atoms in total. The van der Waals surface area contributed by atoms with Gasteiger partial charge in [0.1, 0.15) is 17.4 Å². The van der Waals surface area contributed by atoms with Gasteiger partial charge in [-0.1, -0.05) is 29.8 Å². The fourth-order valence-corrected chi connectivity index (χ4v) is 3.28. The lowest BCUT2D eigenvalue weighted by molar-refractivity contribution is -0.118. The molecule has 0 aliphatic heterocycles. The van der Waals surface area contributed by atoms with E-state index in [1.807, 2.05) is 0 Å². The Hall–Kier alpha value is -3.91. The molecule has 0 atom stereocenters. The smallest absolute Gasteiger partial charge is 0.262 e. The number of hydrogen-bond donors (Lipinski definition) is 4. The standard InChI is InChI=1S/C23H20ClFN4O3/c24-19-3-1-2-17(23(28)31)18(19)10-13-4-5-14(22(26)27)11-20(13)32-12-21(30)29-16-8-6-15(25)7-9-16/h1-9,11H,10,12H2,(H3,26,27)(H2,28,31)(H,29,30). The molecule has 0 radical (unpaired) electrons. The number of halogens is 2. The molecule has 2 amide bonds. The summed E-state index contributed by atoms with van der Waals surface area (Å²) in [6, 6.07) is 15.0. The van der Waals surface area contributed by atoms with Crippen molar-refractivity contribution in [1.29, 1.82) is 5.41 Å². The van der Waals surface area contributed by atoms with E-state index >= 15 is 0 Å². The molecule has 0 heterocycles. The molecule has 0 bridgehead atoms. The first-order chi connectivity index (χ1) is 15.2. The number of nitrogens with one attached hydrogen (secondary N) is 2. The molecule has 0 unspecified atom stereocenters. The SMILES string of the molecule is N=C(N)c1ccc(Cc2c(Cl)cccc2C(N)=O)c(OCC(=O)Nc2ccc(F)cc2)c1. The summed E-state index contributed by atoms with van der Waals surface area (Å²) < 4.78 is 18.7. The molecule has 3 rings (SSSR count). The average Bonchev–Trinajstić information content (AvgIpc) is 2.75. The number of carbonyl (C=O) groups excluding carboxylic acids is 2. The van der Waals surface area contributed by atoms with Crippen LogP contribution >= 0.6 is 11.6 Å². The molecule has 0 aliphatic rings. The van der Waals surface area contributed by atoms with Gasteiger partial charge >= 0.3 is 0 Å². The number of primary amides is 1. The lowest BCUT2D eigenvalue weighted by atomic mass is 9.97. The van der Waals surface area contributed by atoms with Gasteiger partial charge in [0.15, 0.2) is 6.61 Å². The van der Waals surface area contributed by atoms with Crippen LogP contribution in [0.4, 0.5) is 10.1 Å². The van der Waals surface area contributed by atoms with E-state index in [2.05, 4.69) is 5.32 Å². The van der Waals surface area contributed by atoms with Gasteiger partial charge in [0.2, 0.25) is 5.91 Å². The predicted molar refractivity (Wildman–Crippen MR) is 121 cm³/mol. The second-order valence-corrected chi connectivity index (χ2v) is 7.29. The van der Waals surface area contributed by atoms with Gasteiger partial charge in [-0.05, 0) is 53.6 Å². The summed E-state index contributed by atoms with van der Waals surface area (Å²) >= 11 is 6.29. The Morgan fingerprint density at radius 2 is 1.78 bits per heavy atom. The van der Waals surface area contributed by atoms with Crippen LogP contribution in [0.1, 0.15) is 27.0 Å². The van der Waals surface area contributed by atoms with Crippen LogP contribution in [0.5, 0.6) is 5.75 Å². The minimum absolute atomic E-state index is 0.173. The molecule has 0 saturated heterocycles. The molecule has 9 heteroatoms. The van der Waals surface area contributed by atoms with E-state index in [0.717, 1.165) is 0 Å². The van der Waals surface area contributed by atoms with Gasteiger partial charge in [0.05, 0.1) is 0 Å². The maximum atomic E-state index is 13.0. The van der Waals surface area contributed by atoms with Crippen LogP contribution in [0.15, 0.2) is 60.7 Å². The minimum Gasteiger partial charge on any atom is -0.483 e. The maximum Gasteiger partial charge on any atom is 0.262 e. The van der Waals surface area contributed by atoms with E-state index in [-0.39, 0.29) is 24.4 Å². The van der Waals surface area contributed by atoms with Crippen molar-refractivity contribution in [2.75, 3.05) is 11.9 Å². The minimum atomic E-state index is -0.621. The fraction of sp³-hybridized carbons (Fsp3) is 0.0870. The molecule has 6 N–H and O–H groups in total. The van der Waals surface area contributed by atoms with Gasteiger partial charge in [-0.2, -0.15) is 0 Å². The van der Waals surface area contributed by atoms with Crippen molar-refractivity contribution in [1.82, 2.24) is 0 Å². The van der Waals surface area contributed by atoms with Gasteiger partial charge < -0.3 is 21.5 Å². The highest BCUT2D eigenvalue weighted by molar-refractivity contribution is 6.32. The number of benzene rings is 3. The topological polar surface area (TPSA) is 131 Å². The van der Waals surface area contributed by atoms with E-state index in [1.54, 1.807) is 30.3 Å². The van der Waals surface area contributed by atoms with E-state index in [0.29, 0.717) is 33.1 Å². The van der Waals surface area contributed by atoms with E-state index in [9.17, 15) is 14.0 Å². The highest BCUT2D eigenvalue weighted by atomic mass is 35.5. The van der Waals surface area contributed by atoms with Gasteiger partial charge in [-0.25, -0.2) is 4.39 Å². The normalized spacial score (nSPS) is 10.4. The molecule has 3 aromatic rings. The largest absolute Gasteiger partial charge is 0.483 e. The third-order valence-electron chi connectivity index (χ3n) is 4.62. The van der Waals surface area contributed by atoms with Crippen molar-refractivity contribution in [3.63, 3.8) is 0 Å². The van der Waals surface area contributed by atoms with Gasteiger partial charge in [0.25, 0.3) is 5.91 Å². The number of ether oxygens (including phenoxy) is 1. The van der Waals surface area contributed by atoms with Crippen molar-refractivity contribution in [3.05, 3.63) is 93.8 Å². The Balaban J connectivity index is 1.84. The quantitative estimate of drug-likeness (QED) is 0.306. The second-order valence-electron chi connectivity index (χ2n) is 6.89. The van der Waals surface area contributed by atoms with Crippen LogP contribution in [0.3, 0.4) is 0 Å². The summed E-state index contributed by atoms with van der Waals surface area (Å²) in [5, 5.41) is 10.6. The van der Waals surface area contributed by atoms with Crippen LogP contribution in [0.25, 0.3) is 0 Å². The lowest BCUT2D eigenvalue weighted by Crippen LogP contribution is -2.21. The number of hydrogen-bond acceptors (Lipinski definition) is 4. The van der Waals surface area contributed by atoms with Crippen LogP contribution in [-0.4, -0.2) is 24.3 Å². The molecule has 0 aromatic heterocycles. The van der Waals surface area contributed by atoms with Crippen molar-refractivity contribution in [3.8, 4) is 5.75 Å². The van der Waals surface area contributed by atoms with Crippen LogP contribution in [-0.2, 0) is 11.2 Å². The first-order valence-electron chi connectivity index (χ1n) is 9.47. The molecule has 3 aromatic carbocycles. The molecule has 0 saturated carbocycles. The van der Waals surface area contributed by atoms with Crippen molar-refractivity contribution >= 4 is 34.9 Å². The summed E-state index contributed by atoms with van der Waals surface area (Å²) in [7, 11) is 0. The zero-order valence-electron chi connectivity index (χ0n) is 16.8. The number of anilines is 1. The van der Waals surface area contributed by atoms with E-state index in [1.165, 1.54) is 30.3 Å². The van der Waals surface area contributed by atoms with Crippen LogP contribution in [0.2, 0.25) is 5.02 Å². The number of rotatable bonds is 8. The highest BCUT2D eigenvalue weighted by Gasteiger charge is 2.16. The van der Waals surface area contributed by atoms with E-state index < -0.39 is 17.6 Å². The zero-order valence-corrected chi connectivity index (χ0v) is 17.6. The Morgan fingerprint density at radius 3 is 2.44 bits per heavy atom. The number of amides is 2. The van der Waals surface area contributed by atoms with Gasteiger partial charge in [-0.15, -0.1) is 0 Å². The van der Waals surface area contributed by atoms with Crippen molar-refractivity contribution < 1.29 is 18.7 Å². The van der Waals surface area contributed by atoms with Crippen molar-refractivity contribution in [2.24, 2.45) is 11.5 Å². The summed E-state index contributed by atoms with van der Waals surface area (Å²) in [6.45, 7) is -0.350. The average molecular weight is 455 g/mol. The second kappa shape index (κ2) is 9.93. The van der Waals surface area contributed by atoms with Crippen LogP contribution in [0, 0.1) is 11.2 Å². The molecule has 32 heavy (non-hydrogen) atoms. The molecule has 0 fully saturated rings. The monoisotopic (exact) mass is 454 g/mol. The molecule has 0 spiro atoms. The van der Waals surface area contributed by atoms with Gasteiger partial charge in [-0.3, -0.25) is 15.0 Å². The first kappa shape index (κ1) is 22.8. The van der Waals surface area contributed by atoms with E-state index in [4.69, 9.17) is 33.2 Å². The fourth-order valence-electron chi connectivity index (χ4n) is 3.04. The van der Waals surface area contributed by atoms with Gasteiger partial charge in [0, 0.05) is 28.3 Å². The Bertz CT molecular complexity index is 1180. The van der Waals surface area contributed by atoms with Crippen LogP contribution < -0.4 is 21.5 Å². The third kappa shape index (κ3) is 5.61. The number of amidine groups is 1. The number of nitrogens with two attached hydrogens (primary N) is 2. The highest BCUT2D eigenvalue weighted by Crippen LogP contribution is 2.28. The molecule has 0 aliphatic carbocycles. The summed E-state index contributed by atoms with van der Waals surface area (Å²) in [6.07, 6.45) is 0.199. The Labute approximate surface area is 188 Å². The Kier molecular flexibility index (Phi) is 7.07. The number of nitrogen functional groups attached to an aromatic ring is 1. The van der Waals surface area contributed by atoms with Crippen molar-refractivity contribution in [2.45, 2.75) is 6.42 Å². The summed E-state index contributed by atoms with van der Waals surface area (Å²) in [4.78, 5) is 24.1. The molecule has 164 valence electrons. The zero-order chi connectivity index (χ0) is 23.3. The maximum absolute atomic E-state index is 13.0. The predicted octanol–water partition coefficient (Wildman–Crippen LogP) is 3.47. The Morgan fingerprint density at radius 1 is 1.06 bits per heavy atom. The first-order valence-corrected chi connectivity index (χ1v) is 9.85. The molecular weight excluding hydrogens is 435 g/mol. The number of carbonyl (C=O) groups is 2. The summed E-state index contributed by atoms with van der Waals surface area (Å²) in [5.41, 5.74) is 13.3.